The van der Waals surface area contributed by atoms with E-state index < -0.39 is 0 Å². The summed E-state index contributed by atoms with van der Waals surface area (Å²) < 4.78 is 5.18. The molecule has 1 amide bonds. The highest BCUT2D eigenvalue weighted by Gasteiger charge is 2.26. The van der Waals surface area contributed by atoms with Crippen LogP contribution in [0.15, 0.2) is 48.0 Å². The second-order valence-corrected chi connectivity index (χ2v) is 6.58. The van der Waals surface area contributed by atoms with E-state index in [4.69, 9.17) is 4.74 Å². The zero-order valence-corrected chi connectivity index (χ0v) is 15.6. The van der Waals surface area contributed by atoms with Gasteiger partial charge in [-0.3, -0.25) is 9.59 Å². The second kappa shape index (κ2) is 8.07. The highest BCUT2D eigenvalue weighted by Crippen LogP contribution is 2.25. The van der Waals surface area contributed by atoms with Crippen LogP contribution in [0.4, 0.5) is 5.69 Å². The lowest BCUT2D eigenvalue weighted by Crippen LogP contribution is -2.49. The molecule has 3 heterocycles. The first-order valence-electron chi connectivity index (χ1n) is 8.90. The number of aromatic amines is 1. The fourth-order valence-corrected chi connectivity index (χ4v) is 3.40. The van der Waals surface area contributed by atoms with E-state index >= 15 is 0 Å². The third-order valence-corrected chi connectivity index (χ3v) is 4.97. The van der Waals surface area contributed by atoms with Crippen molar-refractivity contribution in [2.75, 3.05) is 32.1 Å². The number of methoxy groups -OCH3 is 1. The van der Waals surface area contributed by atoms with E-state index in [2.05, 4.69) is 16.5 Å². The van der Waals surface area contributed by atoms with Gasteiger partial charge in [0.05, 0.1) is 7.11 Å². The van der Waals surface area contributed by atoms with Crippen molar-refractivity contribution in [3.05, 3.63) is 53.6 Å². The molecule has 1 N–H and O–H groups in total. The minimum atomic E-state index is -0.158. The molecular formula is C20H24N4O3. The van der Waals surface area contributed by atoms with E-state index in [0.29, 0.717) is 18.1 Å². The summed E-state index contributed by atoms with van der Waals surface area (Å²) in [5.41, 5.74) is 2.18. The first-order valence-corrected chi connectivity index (χ1v) is 8.90. The maximum atomic E-state index is 12.5. The number of likely N-dealkylation sites (N-methyl/N-ethyl adjacent to an activating group) is 1. The highest BCUT2D eigenvalue weighted by atomic mass is 16.5. The summed E-state index contributed by atoms with van der Waals surface area (Å²) in [5.74, 6) is 0.444. The monoisotopic (exact) mass is 368 g/mol. The van der Waals surface area contributed by atoms with Gasteiger partial charge in [0.2, 0.25) is 11.8 Å². The van der Waals surface area contributed by atoms with Gasteiger partial charge in [-0.05, 0) is 36.6 Å². The van der Waals surface area contributed by atoms with Crippen molar-refractivity contribution < 1.29 is 9.53 Å². The van der Waals surface area contributed by atoms with Gasteiger partial charge in [-0.25, -0.2) is 4.98 Å². The number of rotatable bonds is 5. The van der Waals surface area contributed by atoms with Gasteiger partial charge in [0.25, 0.3) is 5.56 Å². The minimum Gasteiger partial charge on any atom is -0.481 e. The SMILES string of the molecule is C=CC(=O)N1CCCC(N(C)c2cc(-c3ccnc(OC)c3)c[nH]c2=O)C1. The van der Waals surface area contributed by atoms with E-state index in [1.165, 1.54) is 6.08 Å². The Hall–Kier alpha value is -3.09. The second-order valence-electron chi connectivity index (χ2n) is 6.58. The van der Waals surface area contributed by atoms with Crippen LogP contribution in [0.5, 0.6) is 5.88 Å². The van der Waals surface area contributed by atoms with Gasteiger partial charge in [0, 0.05) is 50.2 Å². The molecule has 2 aromatic heterocycles. The zero-order chi connectivity index (χ0) is 19.4. The molecule has 0 aliphatic carbocycles. The molecule has 142 valence electrons. The van der Waals surface area contributed by atoms with Crippen molar-refractivity contribution >= 4 is 11.6 Å². The number of ether oxygens (including phenoxy) is 1. The molecule has 1 saturated heterocycles. The number of amides is 1. The molecule has 1 aliphatic heterocycles. The molecule has 0 radical (unpaired) electrons. The average molecular weight is 368 g/mol. The van der Waals surface area contributed by atoms with Gasteiger partial charge in [0.1, 0.15) is 5.69 Å². The summed E-state index contributed by atoms with van der Waals surface area (Å²) in [6.07, 6.45) is 6.51. The molecule has 7 heteroatoms. The predicted octanol–water partition coefficient (Wildman–Crippen LogP) is 2.06. The van der Waals surface area contributed by atoms with E-state index in [0.717, 1.165) is 30.5 Å². The van der Waals surface area contributed by atoms with Crippen molar-refractivity contribution in [1.29, 1.82) is 0 Å². The highest BCUT2D eigenvalue weighted by molar-refractivity contribution is 5.87. The smallest absolute Gasteiger partial charge is 0.271 e. The Morgan fingerprint density at radius 1 is 1.44 bits per heavy atom. The molecule has 2 aromatic rings. The summed E-state index contributed by atoms with van der Waals surface area (Å²) >= 11 is 0. The Labute approximate surface area is 158 Å². The number of carbonyl (C=O) groups excluding carboxylic acids is 1. The third-order valence-electron chi connectivity index (χ3n) is 4.97. The average Bonchev–Trinajstić information content (AvgIpc) is 2.73. The number of H-pyrrole nitrogens is 1. The third kappa shape index (κ3) is 4.02. The minimum absolute atomic E-state index is 0.0698. The molecule has 1 unspecified atom stereocenters. The summed E-state index contributed by atoms with van der Waals surface area (Å²) in [4.78, 5) is 35.1. The molecule has 1 fully saturated rings. The van der Waals surface area contributed by atoms with Crippen LogP contribution in [-0.2, 0) is 4.79 Å². The fraction of sp³-hybridized carbons (Fsp3) is 0.350. The summed E-state index contributed by atoms with van der Waals surface area (Å²) in [5, 5.41) is 0. The lowest BCUT2D eigenvalue weighted by atomic mass is 10.0. The lowest BCUT2D eigenvalue weighted by molar-refractivity contribution is -0.127. The first-order chi connectivity index (χ1) is 13.0. The molecule has 27 heavy (non-hydrogen) atoms. The van der Waals surface area contributed by atoms with Crippen molar-refractivity contribution in [3.63, 3.8) is 0 Å². The lowest BCUT2D eigenvalue weighted by Gasteiger charge is -2.38. The standard InChI is InChI=1S/C20H24N4O3/c1-4-19(25)24-9-5-6-16(13-24)23(2)17-10-15(12-22-20(17)26)14-7-8-21-18(11-14)27-3/h4,7-8,10-12,16H,1,5-6,9,13H2,2-3H3,(H,22,26). The topological polar surface area (TPSA) is 78.5 Å². The van der Waals surface area contributed by atoms with Gasteiger partial charge >= 0.3 is 0 Å². The quantitative estimate of drug-likeness (QED) is 0.818. The van der Waals surface area contributed by atoms with Crippen molar-refractivity contribution in [2.24, 2.45) is 0 Å². The van der Waals surface area contributed by atoms with Crippen LogP contribution >= 0.6 is 0 Å². The maximum absolute atomic E-state index is 12.5. The number of nitrogens with zero attached hydrogens (tertiary/aromatic N) is 3. The number of pyridine rings is 2. The van der Waals surface area contributed by atoms with E-state index in [9.17, 15) is 9.59 Å². The zero-order valence-electron chi connectivity index (χ0n) is 15.6. The van der Waals surface area contributed by atoms with Gasteiger partial charge in [-0.15, -0.1) is 0 Å². The van der Waals surface area contributed by atoms with E-state index in [1.807, 2.05) is 30.1 Å². The molecule has 0 bridgehead atoms. The maximum Gasteiger partial charge on any atom is 0.271 e. The molecule has 1 aliphatic rings. The van der Waals surface area contributed by atoms with Gasteiger partial charge < -0.3 is 19.5 Å². The largest absolute Gasteiger partial charge is 0.481 e. The molecule has 3 rings (SSSR count). The van der Waals surface area contributed by atoms with E-state index in [-0.39, 0.29) is 17.5 Å². The van der Waals surface area contributed by atoms with Crippen molar-refractivity contribution in [3.8, 4) is 17.0 Å². The Balaban J connectivity index is 1.88. The van der Waals surface area contributed by atoms with Crippen molar-refractivity contribution in [1.82, 2.24) is 14.9 Å². The Morgan fingerprint density at radius 3 is 3.00 bits per heavy atom. The molecule has 0 spiro atoms. The number of carbonyl (C=O) groups is 1. The summed E-state index contributed by atoms with van der Waals surface area (Å²) in [7, 11) is 3.46. The van der Waals surface area contributed by atoms with Crippen molar-refractivity contribution in [2.45, 2.75) is 18.9 Å². The summed E-state index contributed by atoms with van der Waals surface area (Å²) in [6.45, 7) is 4.86. The van der Waals surface area contributed by atoms with Gasteiger partial charge in [-0.1, -0.05) is 6.58 Å². The summed E-state index contributed by atoms with van der Waals surface area (Å²) in [6, 6.07) is 5.63. The number of hydrogen-bond donors (Lipinski definition) is 1. The van der Waals surface area contributed by atoms with Crippen LogP contribution in [-0.4, -0.2) is 54.1 Å². The fourth-order valence-electron chi connectivity index (χ4n) is 3.40. The molecule has 1 atom stereocenters. The Bertz CT molecular complexity index is 893. The number of aromatic nitrogens is 2. The number of nitrogens with one attached hydrogen (secondary N) is 1. The van der Waals surface area contributed by atoms with E-state index in [1.54, 1.807) is 24.4 Å². The molecular weight excluding hydrogens is 344 g/mol. The van der Waals surface area contributed by atoms with Crippen LogP contribution < -0.4 is 15.2 Å². The Kier molecular flexibility index (Phi) is 5.59. The first kappa shape index (κ1) is 18.7. The van der Waals surface area contributed by atoms with Gasteiger partial charge in [0.15, 0.2) is 0 Å². The van der Waals surface area contributed by atoms with Crippen LogP contribution in [0.25, 0.3) is 11.1 Å². The Morgan fingerprint density at radius 2 is 2.26 bits per heavy atom. The van der Waals surface area contributed by atoms with Gasteiger partial charge in [-0.2, -0.15) is 0 Å². The molecule has 0 aromatic carbocycles. The predicted molar refractivity (Wildman–Crippen MR) is 105 cm³/mol. The van der Waals surface area contributed by atoms with Crippen LogP contribution in [0, 0.1) is 0 Å². The van der Waals surface area contributed by atoms with Crippen LogP contribution in [0.1, 0.15) is 12.8 Å². The molecule has 7 nitrogen and oxygen atoms in total. The van der Waals surface area contributed by atoms with Crippen LogP contribution in [0.2, 0.25) is 0 Å². The molecule has 0 saturated carbocycles. The number of hydrogen-bond acceptors (Lipinski definition) is 5. The number of likely N-dealkylation sites (tertiary alicyclic amines) is 1. The number of anilines is 1. The normalized spacial score (nSPS) is 16.7. The van der Waals surface area contributed by atoms with Crippen LogP contribution in [0.3, 0.4) is 0 Å². The number of piperidine rings is 1.